The summed E-state index contributed by atoms with van der Waals surface area (Å²) in [4.78, 5) is 9.92. The van der Waals surface area contributed by atoms with Gasteiger partial charge in [0.2, 0.25) is 0 Å². The number of nitrogens with one attached hydrogen (secondary N) is 1. The molecule has 0 radical (unpaired) electrons. The Bertz CT molecular complexity index is 387. The Hall–Kier alpha value is -1.04. The fourth-order valence-electron chi connectivity index (χ4n) is 1.04. The zero-order valence-electron chi connectivity index (χ0n) is 8.19. The molecule has 0 heterocycles. The quantitative estimate of drug-likeness (QED) is 0.486. The van der Waals surface area contributed by atoms with E-state index in [-0.39, 0.29) is 23.1 Å². The van der Waals surface area contributed by atoms with Gasteiger partial charge in [0.1, 0.15) is 0 Å². The number of rotatable bonds is 5. The molecule has 2 N–H and O–H groups in total. The summed E-state index contributed by atoms with van der Waals surface area (Å²) in [6.45, 7) is 0.237. The summed E-state index contributed by atoms with van der Waals surface area (Å²) in [5.41, 5.74) is 0.449. The van der Waals surface area contributed by atoms with Crippen molar-refractivity contribution in [1.82, 2.24) is 0 Å². The molecule has 0 aromatic heterocycles. The van der Waals surface area contributed by atoms with Crippen LogP contribution in [0.4, 0.5) is 11.4 Å². The van der Waals surface area contributed by atoms with Crippen molar-refractivity contribution in [2.24, 2.45) is 0 Å². The van der Waals surface area contributed by atoms with E-state index >= 15 is 0 Å². The minimum atomic E-state index is -0.687. The van der Waals surface area contributed by atoms with Gasteiger partial charge in [-0.25, -0.2) is 0 Å². The van der Waals surface area contributed by atoms with Crippen molar-refractivity contribution in [1.29, 1.82) is 0 Å². The highest BCUT2D eigenvalue weighted by atomic mass is 35.5. The molecule has 0 saturated heterocycles. The predicted molar refractivity (Wildman–Crippen MR) is 63.3 cm³/mol. The number of aliphatic hydroxyl groups excluding tert-OH is 1. The lowest BCUT2D eigenvalue weighted by molar-refractivity contribution is -0.384. The Morgan fingerprint density at radius 3 is 2.75 bits per heavy atom. The molecule has 1 atom stereocenters. The van der Waals surface area contributed by atoms with Gasteiger partial charge in [0, 0.05) is 18.7 Å². The van der Waals surface area contributed by atoms with Crippen molar-refractivity contribution in [2.75, 3.05) is 17.7 Å². The van der Waals surface area contributed by atoms with Crippen LogP contribution in [0.15, 0.2) is 18.2 Å². The Balaban J connectivity index is 2.72. The van der Waals surface area contributed by atoms with Gasteiger partial charge >= 0.3 is 0 Å². The Labute approximate surface area is 102 Å². The molecule has 0 aliphatic heterocycles. The van der Waals surface area contributed by atoms with Crippen LogP contribution in [0.1, 0.15) is 0 Å². The van der Waals surface area contributed by atoms with Gasteiger partial charge in [-0.05, 0) is 6.07 Å². The van der Waals surface area contributed by atoms with Gasteiger partial charge in [-0.15, -0.1) is 11.6 Å². The van der Waals surface area contributed by atoms with Crippen molar-refractivity contribution in [3.8, 4) is 0 Å². The number of anilines is 1. The maximum Gasteiger partial charge on any atom is 0.271 e. The minimum Gasteiger partial charge on any atom is -0.390 e. The summed E-state index contributed by atoms with van der Waals surface area (Å²) in [6.07, 6.45) is -0.687. The molecular weight excluding hydrogens is 255 g/mol. The molecule has 1 aromatic rings. The summed E-state index contributed by atoms with van der Waals surface area (Å²) >= 11 is 11.2. The van der Waals surface area contributed by atoms with Crippen LogP contribution in [0, 0.1) is 10.1 Å². The number of halogens is 2. The maximum atomic E-state index is 10.4. The van der Waals surface area contributed by atoms with Gasteiger partial charge < -0.3 is 10.4 Å². The average Bonchev–Trinajstić information content (AvgIpc) is 2.26. The fourth-order valence-corrected chi connectivity index (χ4v) is 1.39. The average molecular weight is 265 g/mol. The lowest BCUT2D eigenvalue weighted by atomic mass is 10.2. The zero-order chi connectivity index (χ0) is 12.1. The molecule has 16 heavy (non-hydrogen) atoms. The molecule has 0 amide bonds. The van der Waals surface area contributed by atoms with E-state index < -0.39 is 11.0 Å². The Kier molecular flexibility index (Phi) is 4.79. The van der Waals surface area contributed by atoms with Crippen LogP contribution in [-0.4, -0.2) is 28.6 Å². The number of nitro groups is 1. The maximum absolute atomic E-state index is 10.4. The first-order valence-electron chi connectivity index (χ1n) is 4.46. The van der Waals surface area contributed by atoms with Gasteiger partial charge in [-0.1, -0.05) is 11.6 Å². The molecule has 0 fully saturated rings. The summed E-state index contributed by atoms with van der Waals surface area (Å²) in [6, 6.07) is 4.07. The van der Waals surface area contributed by atoms with Gasteiger partial charge in [0.15, 0.2) is 0 Å². The lowest BCUT2D eigenvalue weighted by Gasteiger charge is -2.10. The first-order valence-corrected chi connectivity index (χ1v) is 5.37. The molecule has 5 nitrogen and oxygen atoms in total. The highest BCUT2D eigenvalue weighted by Crippen LogP contribution is 2.26. The number of hydrogen-bond acceptors (Lipinski definition) is 4. The van der Waals surface area contributed by atoms with Gasteiger partial charge in [0.25, 0.3) is 5.69 Å². The second-order valence-electron chi connectivity index (χ2n) is 3.11. The van der Waals surface area contributed by atoms with Crippen LogP contribution in [0.5, 0.6) is 0 Å². The van der Waals surface area contributed by atoms with E-state index in [4.69, 9.17) is 23.2 Å². The number of non-ortho nitro benzene ring substituents is 1. The molecule has 0 spiro atoms. The molecule has 0 aliphatic carbocycles. The summed E-state index contributed by atoms with van der Waals surface area (Å²) in [7, 11) is 0. The van der Waals surface area contributed by atoms with Crippen LogP contribution in [0.25, 0.3) is 0 Å². The summed E-state index contributed by atoms with van der Waals surface area (Å²) < 4.78 is 0. The van der Waals surface area contributed by atoms with Crippen LogP contribution >= 0.6 is 23.2 Å². The first kappa shape index (κ1) is 13.0. The number of benzene rings is 1. The topological polar surface area (TPSA) is 75.4 Å². The van der Waals surface area contributed by atoms with E-state index in [9.17, 15) is 15.2 Å². The molecular formula is C9H10Cl2N2O3. The van der Waals surface area contributed by atoms with Crippen LogP contribution < -0.4 is 5.32 Å². The highest BCUT2D eigenvalue weighted by Gasteiger charge is 2.10. The van der Waals surface area contributed by atoms with Crippen molar-refractivity contribution in [3.05, 3.63) is 33.3 Å². The van der Waals surface area contributed by atoms with Crippen molar-refractivity contribution >= 4 is 34.6 Å². The molecule has 0 aliphatic rings. The Morgan fingerprint density at radius 1 is 1.56 bits per heavy atom. The van der Waals surface area contributed by atoms with Crippen molar-refractivity contribution in [3.63, 3.8) is 0 Å². The predicted octanol–water partition coefficient (Wildman–Crippen LogP) is 2.26. The zero-order valence-corrected chi connectivity index (χ0v) is 9.70. The van der Waals surface area contributed by atoms with E-state index in [1.165, 1.54) is 18.2 Å². The number of nitro benzene ring substituents is 1. The first-order chi connectivity index (χ1) is 7.54. The van der Waals surface area contributed by atoms with Crippen molar-refractivity contribution < 1.29 is 10.0 Å². The number of hydrogen-bond donors (Lipinski definition) is 2. The standard InChI is InChI=1S/C9H10Cl2N2O3/c10-4-7(14)5-12-9-2-1-6(13(15)16)3-8(9)11/h1-3,7,12,14H,4-5H2. The third-order valence-corrected chi connectivity index (χ3v) is 2.54. The second-order valence-corrected chi connectivity index (χ2v) is 3.83. The van der Waals surface area contributed by atoms with E-state index in [0.29, 0.717) is 5.69 Å². The smallest absolute Gasteiger partial charge is 0.271 e. The van der Waals surface area contributed by atoms with E-state index in [1.807, 2.05) is 0 Å². The van der Waals surface area contributed by atoms with Gasteiger partial charge in [-0.2, -0.15) is 0 Å². The largest absolute Gasteiger partial charge is 0.390 e. The number of aliphatic hydroxyl groups is 1. The van der Waals surface area contributed by atoms with E-state index in [1.54, 1.807) is 0 Å². The lowest BCUT2D eigenvalue weighted by Crippen LogP contribution is -2.20. The fraction of sp³-hybridized carbons (Fsp3) is 0.333. The minimum absolute atomic E-state index is 0.0755. The number of alkyl halides is 1. The molecule has 7 heteroatoms. The Morgan fingerprint density at radius 2 is 2.25 bits per heavy atom. The third-order valence-electron chi connectivity index (χ3n) is 1.87. The molecule has 1 aromatic carbocycles. The monoisotopic (exact) mass is 264 g/mol. The third kappa shape index (κ3) is 3.52. The van der Waals surface area contributed by atoms with Crippen molar-refractivity contribution in [2.45, 2.75) is 6.10 Å². The highest BCUT2D eigenvalue weighted by molar-refractivity contribution is 6.33. The van der Waals surface area contributed by atoms with Gasteiger partial charge in [-0.3, -0.25) is 10.1 Å². The van der Waals surface area contributed by atoms with Gasteiger partial charge in [0.05, 0.1) is 27.6 Å². The normalized spacial score (nSPS) is 12.2. The number of nitrogens with zero attached hydrogens (tertiary/aromatic N) is 1. The molecule has 1 unspecified atom stereocenters. The molecule has 0 bridgehead atoms. The second kappa shape index (κ2) is 5.89. The molecule has 1 rings (SSSR count). The summed E-state index contributed by atoms with van der Waals surface area (Å²) in [5, 5.41) is 22.7. The van der Waals surface area contributed by atoms with Crippen LogP contribution in [-0.2, 0) is 0 Å². The van der Waals surface area contributed by atoms with E-state index in [0.717, 1.165) is 0 Å². The summed E-state index contributed by atoms with van der Waals surface area (Å²) in [5.74, 6) is 0.109. The van der Waals surface area contributed by atoms with E-state index in [2.05, 4.69) is 5.32 Å². The SMILES string of the molecule is O=[N+]([O-])c1ccc(NCC(O)CCl)c(Cl)c1. The van der Waals surface area contributed by atoms with Crippen LogP contribution in [0.3, 0.4) is 0 Å². The van der Waals surface area contributed by atoms with Crippen LogP contribution in [0.2, 0.25) is 5.02 Å². The molecule has 0 saturated carbocycles. The molecule has 88 valence electrons.